The summed E-state index contributed by atoms with van der Waals surface area (Å²) >= 11 is 0. The summed E-state index contributed by atoms with van der Waals surface area (Å²) in [4.78, 5) is 14.3. The Hall–Kier alpha value is -2.36. The number of nitrogens with zero attached hydrogens (tertiary/aromatic N) is 2. The van der Waals surface area contributed by atoms with E-state index in [4.69, 9.17) is 4.74 Å². The van der Waals surface area contributed by atoms with Gasteiger partial charge in [0.2, 0.25) is 11.6 Å². The Morgan fingerprint density at radius 2 is 1.39 bits per heavy atom. The molecule has 2 aromatic rings. The molecule has 0 N–H and O–H groups in total. The van der Waals surface area contributed by atoms with Crippen LogP contribution in [0.4, 0.5) is 0 Å². The third-order valence-corrected chi connectivity index (χ3v) is 7.62. The number of aryl methyl sites for hydroxylation is 2. The Morgan fingerprint density at radius 1 is 0.789 bits per heavy atom. The van der Waals surface area contributed by atoms with Crippen molar-refractivity contribution in [2.75, 3.05) is 6.61 Å². The SMILES string of the molecule is CCCCCCCCCCCCCCCCOc1ccc(CN(Cc2cccc[n+]2CC)C(C)=O)c(C)c1. The fourth-order valence-electron chi connectivity index (χ4n) is 5.07. The molecule has 4 nitrogen and oxygen atoms in total. The third kappa shape index (κ3) is 12.9. The van der Waals surface area contributed by atoms with E-state index in [1.165, 1.54) is 94.6 Å². The van der Waals surface area contributed by atoms with Gasteiger partial charge in [0.15, 0.2) is 6.20 Å². The van der Waals surface area contributed by atoms with Gasteiger partial charge in [0, 0.05) is 25.6 Å². The topological polar surface area (TPSA) is 33.4 Å². The van der Waals surface area contributed by atoms with Gasteiger partial charge in [-0.3, -0.25) is 4.79 Å². The normalized spacial score (nSPS) is 11.1. The number of carbonyl (C=O) groups excluding carboxylic acids is 1. The number of pyridine rings is 1. The van der Waals surface area contributed by atoms with Gasteiger partial charge >= 0.3 is 0 Å². The molecule has 0 aliphatic rings. The van der Waals surface area contributed by atoms with Crippen LogP contribution < -0.4 is 9.30 Å². The first-order valence-corrected chi connectivity index (χ1v) is 15.5. The molecule has 38 heavy (non-hydrogen) atoms. The lowest BCUT2D eigenvalue weighted by Gasteiger charge is -2.21. The van der Waals surface area contributed by atoms with Crippen LogP contribution in [-0.4, -0.2) is 17.4 Å². The predicted octanol–water partition coefficient (Wildman–Crippen LogP) is 8.71. The van der Waals surface area contributed by atoms with E-state index < -0.39 is 0 Å². The Kier molecular flexibility index (Phi) is 16.5. The Labute approximate surface area is 233 Å². The van der Waals surface area contributed by atoms with Gasteiger partial charge in [-0.05, 0) is 43.5 Å². The van der Waals surface area contributed by atoms with Crippen molar-refractivity contribution in [3.8, 4) is 5.75 Å². The quantitative estimate of drug-likeness (QED) is 0.121. The summed E-state index contributed by atoms with van der Waals surface area (Å²) < 4.78 is 8.23. The zero-order chi connectivity index (χ0) is 27.4. The summed E-state index contributed by atoms with van der Waals surface area (Å²) in [5.74, 6) is 1.02. The summed E-state index contributed by atoms with van der Waals surface area (Å²) in [5, 5.41) is 0. The van der Waals surface area contributed by atoms with Crippen molar-refractivity contribution in [1.29, 1.82) is 0 Å². The minimum atomic E-state index is 0.0917. The average Bonchev–Trinajstić information content (AvgIpc) is 2.92. The van der Waals surface area contributed by atoms with Gasteiger partial charge in [0.25, 0.3) is 0 Å². The number of aromatic nitrogens is 1. The van der Waals surface area contributed by atoms with Crippen molar-refractivity contribution in [3.63, 3.8) is 0 Å². The molecule has 0 aliphatic heterocycles. The van der Waals surface area contributed by atoms with Crippen LogP contribution in [0.15, 0.2) is 42.6 Å². The summed E-state index contributed by atoms with van der Waals surface area (Å²) in [6.07, 6.45) is 21.2. The van der Waals surface area contributed by atoms with Crippen molar-refractivity contribution in [2.45, 2.75) is 137 Å². The maximum absolute atomic E-state index is 12.4. The molecule has 0 spiro atoms. The highest BCUT2D eigenvalue weighted by molar-refractivity contribution is 5.73. The average molecular weight is 524 g/mol. The molecule has 0 radical (unpaired) electrons. The summed E-state index contributed by atoms with van der Waals surface area (Å²) in [6.45, 7) is 11.1. The number of hydrogen-bond acceptors (Lipinski definition) is 2. The van der Waals surface area contributed by atoms with Crippen molar-refractivity contribution >= 4 is 5.91 Å². The van der Waals surface area contributed by atoms with Gasteiger partial charge in [0.1, 0.15) is 18.8 Å². The van der Waals surface area contributed by atoms with Gasteiger partial charge in [-0.1, -0.05) is 103 Å². The second kappa shape index (κ2) is 19.7. The molecule has 212 valence electrons. The minimum absolute atomic E-state index is 0.0917. The van der Waals surface area contributed by atoms with E-state index in [-0.39, 0.29) is 5.91 Å². The molecule has 1 heterocycles. The van der Waals surface area contributed by atoms with Gasteiger partial charge < -0.3 is 9.64 Å². The second-order valence-electron chi connectivity index (χ2n) is 10.9. The lowest BCUT2D eigenvalue weighted by Crippen LogP contribution is -2.40. The zero-order valence-electron chi connectivity index (χ0n) is 25.0. The standard InChI is InChI=1S/C34H55N2O2/c1-5-7-8-9-10-11-12-13-14-15-16-17-18-21-26-38-34-24-23-32(30(3)27-34)28-36(31(4)37)29-33-22-19-20-25-35(33)6-2/h19-20,22-25,27H,5-18,21,26,28-29H2,1-4H3/q+1. The molecular weight excluding hydrogens is 468 g/mol. The fraction of sp³-hybridized carbons (Fsp3) is 0.647. The van der Waals surface area contributed by atoms with Crippen LogP contribution in [0.3, 0.4) is 0 Å². The van der Waals surface area contributed by atoms with Crippen LogP contribution >= 0.6 is 0 Å². The van der Waals surface area contributed by atoms with E-state index in [2.05, 4.69) is 55.8 Å². The van der Waals surface area contributed by atoms with E-state index in [0.29, 0.717) is 13.1 Å². The number of ether oxygens (including phenoxy) is 1. The number of unbranched alkanes of at least 4 members (excludes halogenated alkanes) is 13. The van der Waals surface area contributed by atoms with Gasteiger partial charge in [-0.15, -0.1) is 0 Å². The Morgan fingerprint density at radius 3 is 1.95 bits per heavy atom. The van der Waals surface area contributed by atoms with E-state index in [0.717, 1.165) is 31.0 Å². The Bertz CT molecular complexity index is 911. The largest absolute Gasteiger partial charge is 0.494 e. The molecule has 0 bridgehead atoms. The highest BCUT2D eigenvalue weighted by Gasteiger charge is 2.17. The summed E-state index contributed by atoms with van der Waals surface area (Å²) in [5.41, 5.74) is 3.49. The maximum atomic E-state index is 12.4. The molecular formula is C34H55N2O2+. The number of hydrogen-bond donors (Lipinski definition) is 0. The second-order valence-corrected chi connectivity index (χ2v) is 10.9. The van der Waals surface area contributed by atoms with Crippen molar-refractivity contribution in [3.05, 3.63) is 59.4 Å². The molecule has 1 amide bonds. The van der Waals surface area contributed by atoms with Crippen LogP contribution in [-0.2, 0) is 24.4 Å². The smallest absolute Gasteiger partial charge is 0.220 e. The molecule has 2 rings (SSSR count). The van der Waals surface area contributed by atoms with Crippen molar-refractivity contribution in [1.82, 2.24) is 4.90 Å². The molecule has 0 unspecified atom stereocenters. The predicted molar refractivity (Wildman–Crippen MR) is 159 cm³/mol. The number of rotatable bonds is 21. The first-order chi connectivity index (χ1) is 18.5. The third-order valence-electron chi connectivity index (χ3n) is 7.62. The van der Waals surface area contributed by atoms with Crippen LogP contribution in [0.5, 0.6) is 5.75 Å². The van der Waals surface area contributed by atoms with E-state index in [9.17, 15) is 4.79 Å². The van der Waals surface area contributed by atoms with Crippen LogP contribution in [0.1, 0.15) is 127 Å². The Balaban J connectivity index is 1.61. The first kappa shape index (κ1) is 31.9. The molecule has 0 aliphatic carbocycles. The molecule has 0 atom stereocenters. The number of amides is 1. The first-order valence-electron chi connectivity index (χ1n) is 15.5. The molecule has 4 heteroatoms. The number of benzene rings is 1. The van der Waals surface area contributed by atoms with Crippen molar-refractivity contribution in [2.24, 2.45) is 0 Å². The van der Waals surface area contributed by atoms with Crippen LogP contribution in [0.25, 0.3) is 0 Å². The van der Waals surface area contributed by atoms with E-state index in [1.54, 1.807) is 6.92 Å². The van der Waals surface area contributed by atoms with Gasteiger partial charge in [-0.25, -0.2) is 4.57 Å². The lowest BCUT2D eigenvalue weighted by atomic mass is 10.0. The van der Waals surface area contributed by atoms with Crippen molar-refractivity contribution < 1.29 is 14.1 Å². The maximum Gasteiger partial charge on any atom is 0.220 e. The van der Waals surface area contributed by atoms with Gasteiger partial charge in [0.05, 0.1) is 6.61 Å². The van der Waals surface area contributed by atoms with E-state index in [1.807, 2.05) is 17.0 Å². The van der Waals surface area contributed by atoms with Gasteiger partial charge in [-0.2, -0.15) is 0 Å². The molecule has 1 aromatic heterocycles. The molecule has 1 aromatic carbocycles. The number of carbonyl (C=O) groups is 1. The van der Waals surface area contributed by atoms with Crippen LogP contribution in [0.2, 0.25) is 0 Å². The highest BCUT2D eigenvalue weighted by Crippen LogP contribution is 2.20. The lowest BCUT2D eigenvalue weighted by molar-refractivity contribution is -0.701. The fourth-order valence-corrected chi connectivity index (χ4v) is 5.07. The summed E-state index contributed by atoms with van der Waals surface area (Å²) in [7, 11) is 0. The minimum Gasteiger partial charge on any atom is -0.494 e. The van der Waals surface area contributed by atoms with E-state index >= 15 is 0 Å². The monoisotopic (exact) mass is 523 g/mol. The molecule has 0 saturated carbocycles. The summed E-state index contributed by atoms with van der Waals surface area (Å²) in [6, 6.07) is 12.5. The molecule has 0 fully saturated rings. The highest BCUT2D eigenvalue weighted by atomic mass is 16.5. The van der Waals surface area contributed by atoms with Crippen LogP contribution in [0, 0.1) is 6.92 Å². The zero-order valence-corrected chi connectivity index (χ0v) is 25.0. The molecule has 0 saturated heterocycles.